The molecule has 3 nitrogen and oxygen atoms in total. The van der Waals surface area contributed by atoms with Crippen molar-refractivity contribution in [3.05, 3.63) is 66.7 Å². The summed E-state index contributed by atoms with van der Waals surface area (Å²) in [6.07, 6.45) is 2.16. The Morgan fingerprint density at radius 1 is 1.26 bits per heavy atom. The van der Waals surface area contributed by atoms with Crippen LogP contribution in [0.4, 0.5) is 5.69 Å². The Bertz CT molecular complexity index is 653. The fraction of sp³-hybridized carbons (Fsp3) is 0.211. The molecule has 0 heterocycles. The zero-order chi connectivity index (χ0) is 16.5. The highest BCUT2D eigenvalue weighted by molar-refractivity contribution is 7.99. The molecule has 0 aliphatic rings. The summed E-state index contributed by atoms with van der Waals surface area (Å²) in [5.74, 6) is 1.48. The minimum atomic E-state index is 0.00508. The normalized spacial score (nSPS) is 10.1. The standard InChI is InChI=1S/C19H21NO2S/c1-3-12-22-17-6-4-5-16(14-17)20-19(21)11-13-23-18-9-7-15(2)8-10-18/h3-10,14H,1,11-13H2,2H3,(H,20,21). The van der Waals surface area contributed by atoms with Gasteiger partial charge in [-0.3, -0.25) is 4.79 Å². The third-order valence-corrected chi connectivity index (χ3v) is 4.12. The number of carbonyl (C=O) groups is 1. The van der Waals surface area contributed by atoms with Gasteiger partial charge in [-0.1, -0.05) is 36.4 Å². The van der Waals surface area contributed by atoms with E-state index in [4.69, 9.17) is 4.74 Å². The molecular weight excluding hydrogens is 306 g/mol. The molecule has 0 saturated heterocycles. The van der Waals surface area contributed by atoms with Crippen LogP contribution in [0.25, 0.3) is 0 Å². The van der Waals surface area contributed by atoms with Crippen LogP contribution in [0.2, 0.25) is 0 Å². The maximum absolute atomic E-state index is 12.0. The lowest BCUT2D eigenvalue weighted by Gasteiger charge is -2.08. The molecule has 0 radical (unpaired) electrons. The van der Waals surface area contributed by atoms with Crippen LogP contribution in [0.15, 0.2) is 66.1 Å². The predicted octanol–water partition coefficient (Wildman–Crippen LogP) is 4.68. The second-order valence-electron chi connectivity index (χ2n) is 5.09. The molecular formula is C19H21NO2S. The van der Waals surface area contributed by atoms with Gasteiger partial charge in [0.05, 0.1) is 0 Å². The Labute approximate surface area is 141 Å². The van der Waals surface area contributed by atoms with Gasteiger partial charge in [-0.05, 0) is 31.2 Å². The Balaban J connectivity index is 1.78. The number of anilines is 1. The van der Waals surface area contributed by atoms with Crippen molar-refractivity contribution >= 4 is 23.4 Å². The van der Waals surface area contributed by atoms with Crippen molar-refractivity contribution in [2.45, 2.75) is 18.2 Å². The van der Waals surface area contributed by atoms with Gasteiger partial charge in [0.2, 0.25) is 5.91 Å². The van der Waals surface area contributed by atoms with E-state index in [1.165, 1.54) is 10.5 Å². The first kappa shape index (κ1) is 17.2. The second-order valence-corrected chi connectivity index (χ2v) is 6.26. The lowest BCUT2D eigenvalue weighted by molar-refractivity contribution is -0.115. The number of benzene rings is 2. The highest BCUT2D eigenvalue weighted by atomic mass is 32.2. The van der Waals surface area contributed by atoms with Gasteiger partial charge < -0.3 is 10.1 Å². The molecule has 120 valence electrons. The van der Waals surface area contributed by atoms with E-state index in [1.807, 2.05) is 24.3 Å². The van der Waals surface area contributed by atoms with Crippen LogP contribution in [-0.4, -0.2) is 18.3 Å². The van der Waals surface area contributed by atoms with Crippen LogP contribution >= 0.6 is 11.8 Å². The number of hydrogen-bond acceptors (Lipinski definition) is 3. The van der Waals surface area contributed by atoms with E-state index in [9.17, 15) is 4.79 Å². The molecule has 2 aromatic rings. The summed E-state index contributed by atoms with van der Waals surface area (Å²) in [5.41, 5.74) is 1.99. The van der Waals surface area contributed by atoms with Crippen molar-refractivity contribution in [2.24, 2.45) is 0 Å². The van der Waals surface area contributed by atoms with Crippen LogP contribution in [0.1, 0.15) is 12.0 Å². The van der Waals surface area contributed by atoms with Gasteiger partial charge in [-0.25, -0.2) is 0 Å². The van der Waals surface area contributed by atoms with Crippen LogP contribution in [-0.2, 0) is 4.79 Å². The van der Waals surface area contributed by atoms with Gasteiger partial charge in [0.1, 0.15) is 12.4 Å². The summed E-state index contributed by atoms with van der Waals surface area (Å²) >= 11 is 1.69. The van der Waals surface area contributed by atoms with E-state index in [2.05, 4.69) is 43.1 Å². The Hall–Kier alpha value is -2.20. The molecule has 1 N–H and O–H groups in total. The summed E-state index contributed by atoms with van der Waals surface area (Å²) in [5, 5.41) is 2.90. The third-order valence-electron chi connectivity index (χ3n) is 3.10. The van der Waals surface area contributed by atoms with Gasteiger partial charge in [0, 0.05) is 28.8 Å². The lowest BCUT2D eigenvalue weighted by atomic mass is 10.2. The molecule has 0 spiro atoms. The van der Waals surface area contributed by atoms with Gasteiger partial charge in [-0.15, -0.1) is 11.8 Å². The van der Waals surface area contributed by atoms with Crippen LogP contribution < -0.4 is 10.1 Å². The van der Waals surface area contributed by atoms with Crippen molar-refractivity contribution in [1.82, 2.24) is 0 Å². The maximum atomic E-state index is 12.0. The van der Waals surface area contributed by atoms with Crippen LogP contribution in [0.3, 0.4) is 0 Å². The Morgan fingerprint density at radius 2 is 2.04 bits per heavy atom. The number of aryl methyl sites for hydroxylation is 1. The molecule has 2 rings (SSSR count). The Kier molecular flexibility index (Phi) is 6.76. The SMILES string of the molecule is C=CCOc1cccc(NC(=O)CCSc2ccc(C)cc2)c1. The molecule has 2 aromatic carbocycles. The highest BCUT2D eigenvalue weighted by Crippen LogP contribution is 2.20. The van der Waals surface area contributed by atoms with Crippen molar-refractivity contribution in [1.29, 1.82) is 0 Å². The number of carbonyl (C=O) groups excluding carboxylic acids is 1. The molecule has 4 heteroatoms. The molecule has 23 heavy (non-hydrogen) atoms. The molecule has 0 fully saturated rings. The van der Waals surface area contributed by atoms with Crippen molar-refractivity contribution in [2.75, 3.05) is 17.7 Å². The molecule has 0 atom stereocenters. The quantitative estimate of drug-likeness (QED) is 0.565. The highest BCUT2D eigenvalue weighted by Gasteiger charge is 2.04. The first-order valence-corrected chi connectivity index (χ1v) is 8.49. The fourth-order valence-electron chi connectivity index (χ4n) is 1.94. The van der Waals surface area contributed by atoms with E-state index in [0.29, 0.717) is 13.0 Å². The first-order valence-electron chi connectivity index (χ1n) is 7.50. The smallest absolute Gasteiger partial charge is 0.225 e. The van der Waals surface area contributed by atoms with Gasteiger partial charge in [0.15, 0.2) is 0 Å². The van der Waals surface area contributed by atoms with E-state index in [0.717, 1.165) is 17.2 Å². The van der Waals surface area contributed by atoms with E-state index in [1.54, 1.807) is 17.8 Å². The monoisotopic (exact) mass is 327 g/mol. The number of thioether (sulfide) groups is 1. The number of nitrogens with one attached hydrogen (secondary N) is 1. The Morgan fingerprint density at radius 3 is 2.78 bits per heavy atom. The van der Waals surface area contributed by atoms with Gasteiger partial charge in [-0.2, -0.15) is 0 Å². The largest absolute Gasteiger partial charge is 0.489 e. The topological polar surface area (TPSA) is 38.3 Å². The summed E-state index contributed by atoms with van der Waals surface area (Å²) < 4.78 is 5.45. The van der Waals surface area contributed by atoms with Crippen LogP contribution in [0.5, 0.6) is 5.75 Å². The van der Waals surface area contributed by atoms with Crippen molar-refractivity contribution in [3.63, 3.8) is 0 Å². The van der Waals surface area contributed by atoms with E-state index in [-0.39, 0.29) is 5.91 Å². The number of hydrogen-bond donors (Lipinski definition) is 1. The number of rotatable bonds is 8. The summed E-state index contributed by atoms with van der Waals surface area (Å²) in [6, 6.07) is 15.7. The molecule has 1 amide bonds. The zero-order valence-electron chi connectivity index (χ0n) is 13.2. The number of ether oxygens (including phenoxy) is 1. The summed E-state index contributed by atoms with van der Waals surface area (Å²) in [7, 11) is 0. The molecule has 0 aromatic heterocycles. The molecule has 0 bridgehead atoms. The van der Waals surface area contributed by atoms with E-state index >= 15 is 0 Å². The zero-order valence-corrected chi connectivity index (χ0v) is 14.1. The minimum Gasteiger partial charge on any atom is -0.489 e. The fourth-order valence-corrected chi connectivity index (χ4v) is 2.79. The predicted molar refractivity (Wildman–Crippen MR) is 97.3 cm³/mol. The second kappa shape index (κ2) is 9.06. The number of amides is 1. The average molecular weight is 327 g/mol. The summed E-state index contributed by atoms with van der Waals surface area (Å²) in [6.45, 7) is 6.13. The van der Waals surface area contributed by atoms with Gasteiger partial charge in [0.25, 0.3) is 0 Å². The average Bonchev–Trinajstić information content (AvgIpc) is 2.55. The first-order chi connectivity index (χ1) is 11.2. The maximum Gasteiger partial charge on any atom is 0.225 e. The third kappa shape index (κ3) is 6.20. The van der Waals surface area contributed by atoms with Crippen molar-refractivity contribution in [3.8, 4) is 5.75 Å². The molecule has 0 unspecified atom stereocenters. The minimum absolute atomic E-state index is 0.00508. The molecule has 0 aliphatic heterocycles. The molecule has 0 saturated carbocycles. The van der Waals surface area contributed by atoms with Gasteiger partial charge >= 0.3 is 0 Å². The van der Waals surface area contributed by atoms with Crippen molar-refractivity contribution < 1.29 is 9.53 Å². The lowest BCUT2D eigenvalue weighted by Crippen LogP contribution is -2.12. The van der Waals surface area contributed by atoms with Crippen LogP contribution in [0, 0.1) is 6.92 Å². The molecule has 0 aliphatic carbocycles. The summed E-state index contributed by atoms with van der Waals surface area (Å²) in [4.78, 5) is 13.2. The van der Waals surface area contributed by atoms with E-state index < -0.39 is 0 Å².